The first kappa shape index (κ1) is 14.6. The average Bonchev–Trinajstić information content (AvgIpc) is 2.29. The van der Waals surface area contributed by atoms with Gasteiger partial charge in [0.1, 0.15) is 0 Å². The molecule has 1 aromatic carbocycles. The fourth-order valence-electron chi connectivity index (χ4n) is 1.70. The van der Waals surface area contributed by atoms with E-state index in [9.17, 15) is 4.79 Å². The maximum Gasteiger partial charge on any atom is 0.238 e. The molecule has 0 aliphatic carbocycles. The van der Waals surface area contributed by atoms with Crippen molar-refractivity contribution in [2.24, 2.45) is 0 Å². The number of likely N-dealkylation sites (N-methyl/N-ethyl adjacent to an activating group) is 1. The quantitative estimate of drug-likeness (QED) is 0.764. The van der Waals surface area contributed by atoms with Crippen LogP contribution in [0.4, 0.5) is 5.69 Å². The molecule has 0 aromatic heterocycles. The Morgan fingerprint density at radius 2 is 1.67 bits per heavy atom. The van der Waals surface area contributed by atoms with Gasteiger partial charge in [-0.25, -0.2) is 0 Å². The van der Waals surface area contributed by atoms with Gasteiger partial charge in [0.05, 0.1) is 19.8 Å². The van der Waals surface area contributed by atoms with E-state index in [2.05, 4.69) is 10.6 Å². The lowest BCUT2D eigenvalue weighted by Crippen LogP contribution is -2.25. The Balaban J connectivity index is 2.84. The van der Waals surface area contributed by atoms with Crippen LogP contribution in [0.25, 0.3) is 0 Å². The van der Waals surface area contributed by atoms with Gasteiger partial charge in [-0.1, -0.05) is 6.07 Å². The summed E-state index contributed by atoms with van der Waals surface area (Å²) in [6, 6.07) is 5.80. The van der Waals surface area contributed by atoms with Gasteiger partial charge in [0, 0.05) is 19.9 Å². The second-order valence-corrected chi connectivity index (χ2v) is 3.98. The summed E-state index contributed by atoms with van der Waals surface area (Å²) in [6.45, 7) is 1.30. The van der Waals surface area contributed by atoms with Crippen LogP contribution >= 0.6 is 0 Å². The molecule has 18 heavy (non-hydrogen) atoms. The summed E-state index contributed by atoms with van der Waals surface area (Å²) in [5.41, 5.74) is 2.77. The van der Waals surface area contributed by atoms with Crippen molar-refractivity contribution in [2.75, 3.05) is 33.1 Å². The lowest BCUT2D eigenvalue weighted by Gasteiger charge is -2.10. The number of carbonyl (C=O) groups is 1. The Labute approximate surface area is 107 Å². The number of carbonyl (C=O) groups excluding carboxylic acids is 1. The Bertz CT molecular complexity index is 370. The molecule has 5 heteroatoms. The highest BCUT2D eigenvalue weighted by Crippen LogP contribution is 2.16. The number of anilines is 1. The number of nitrogens with one attached hydrogen (secondary N) is 2. The maximum atomic E-state index is 11.5. The van der Waals surface area contributed by atoms with Crippen molar-refractivity contribution in [3.63, 3.8) is 0 Å². The van der Waals surface area contributed by atoms with Crippen LogP contribution in [0.1, 0.15) is 11.1 Å². The van der Waals surface area contributed by atoms with Crippen molar-refractivity contribution in [3.8, 4) is 0 Å². The maximum absolute atomic E-state index is 11.5. The van der Waals surface area contributed by atoms with Crippen LogP contribution in [0.3, 0.4) is 0 Å². The normalized spacial score (nSPS) is 10.4. The second kappa shape index (κ2) is 7.81. The highest BCUT2D eigenvalue weighted by atomic mass is 16.5. The summed E-state index contributed by atoms with van der Waals surface area (Å²) >= 11 is 0. The average molecular weight is 252 g/mol. The SMILES string of the molecule is CNCC(=O)Nc1cc(COC)cc(COC)c1. The van der Waals surface area contributed by atoms with E-state index in [1.165, 1.54) is 0 Å². The molecule has 0 radical (unpaired) electrons. The van der Waals surface area contributed by atoms with Crippen LogP contribution in [0.2, 0.25) is 0 Å². The molecule has 0 atom stereocenters. The van der Waals surface area contributed by atoms with Crippen LogP contribution in [-0.2, 0) is 27.5 Å². The zero-order valence-corrected chi connectivity index (χ0v) is 11.1. The third-order valence-electron chi connectivity index (χ3n) is 2.30. The number of ether oxygens (including phenoxy) is 2. The van der Waals surface area contributed by atoms with E-state index in [1.807, 2.05) is 18.2 Å². The summed E-state index contributed by atoms with van der Waals surface area (Å²) < 4.78 is 10.2. The Kier molecular flexibility index (Phi) is 6.35. The van der Waals surface area contributed by atoms with Gasteiger partial charge in [-0.2, -0.15) is 0 Å². The van der Waals surface area contributed by atoms with E-state index < -0.39 is 0 Å². The molecule has 100 valence electrons. The number of benzene rings is 1. The van der Waals surface area contributed by atoms with Crippen LogP contribution in [-0.4, -0.2) is 33.7 Å². The van der Waals surface area contributed by atoms with Gasteiger partial charge in [0.15, 0.2) is 0 Å². The van der Waals surface area contributed by atoms with E-state index >= 15 is 0 Å². The van der Waals surface area contributed by atoms with Crippen LogP contribution in [0.5, 0.6) is 0 Å². The number of amides is 1. The molecule has 0 aliphatic rings. The Morgan fingerprint density at radius 1 is 1.11 bits per heavy atom. The van der Waals surface area contributed by atoms with Gasteiger partial charge in [-0.3, -0.25) is 4.79 Å². The molecule has 0 aliphatic heterocycles. The minimum absolute atomic E-state index is 0.0737. The van der Waals surface area contributed by atoms with Crippen molar-refractivity contribution < 1.29 is 14.3 Å². The van der Waals surface area contributed by atoms with E-state index in [0.717, 1.165) is 16.8 Å². The van der Waals surface area contributed by atoms with Crippen LogP contribution < -0.4 is 10.6 Å². The summed E-state index contributed by atoms with van der Waals surface area (Å²) in [5.74, 6) is -0.0737. The molecular weight excluding hydrogens is 232 g/mol. The van der Waals surface area contributed by atoms with Crippen molar-refractivity contribution in [3.05, 3.63) is 29.3 Å². The predicted molar refractivity (Wildman–Crippen MR) is 70.4 cm³/mol. The molecule has 0 saturated heterocycles. The number of hydrogen-bond acceptors (Lipinski definition) is 4. The van der Waals surface area contributed by atoms with E-state index in [4.69, 9.17) is 9.47 Å². The molecule has 0 saturated carbocycles. The van der Waals surface area contributed by atoms with E-state index in [0.29, 0.717) is 13.2 Å². The molecule has 0 bridgehead atoms. The largest absolute Gasteiger partial charge is 0.380 e. The summed E-state index contributed by atoms with van der Waals surface area (Å²) in [4.78, 5) is 11.5. The minimum atomic E-state index is -0.0737. The summed E-state index contributed by atoms with van der Waals surface area (Å²) in [6.07, 6.45) is 0. The molecule has 5 nitrogen and oxygen atoms in total. The zero-order chi connectivity index (χ0) is 13.4. The lowest BCUT2D eigenvalue weighted by molar-refractivity contribution is -0.115. The first-order valence-electron chi connectivity index (χ1n) is 5.74. The van der Waals surface area contributed by atoms with Gasteiger partial charge in [-0.15, -0.1) is 0 Å². The van der Waals surface area contributed by atoms with Crippen molar-refractivity contribution in [2.45, 2.75) is 13.2 Å². The summed E-state index contributed by atoms with van der Waals surface area (Å²) in [7, 11) is 5.02. The topological polar surface area (TPSA) is 59.6 Å². The van der Waals surface area contributed by atoms with E-state index in [1.54, 1.807) is 21.3 Å². The molecule has 1 amide bonds. The fraction of sp³-hybridized carbons (Fsp3) is 0.462. The lowest BCUT2D eigenvalue weighted by atomic mass is 10.1. The molecular formula is C13H20N2O3. The van der Waals surface area contributed by atoms with E-state index in [-0.39, 0.29) is 12.5 Å². The first-order valence-corrected chi connectivity index (χ1v) is 5.74. The molecule has 0 fully saturated rings. The number of hydrogen-bond donors (Lipinski definition) is 2. The zero-order valence-electron chi connectivity index (χ0n) is 11.1. The van der Waals surface area contributed by atoms with Gasteiger partial charge in [0.25, 0.3) is 0 Å². The molecule has 2 N–H and O–H groups in total. The highest BCUT2D eigenvalue weighted by molar-refractivity contribution is 5.92. The van der Waals surface area contributed by atoms with Gasteiger partial charge in [0.2, 0.25) is 5.91 Å². The molecule has 1 aromatic rings. The minimum Gasteiger partial charge on any atom is -0.380 e. The van der Waals surface area contributed by atoms with Gasteiger partial charge in [-0.05, 0) is 30.3 Å². The molecule has 0 unspecified atom stereocenters. The van der Waals surface area contributed by atoms with Crippen LogP contribution in [0.15, 0.2) is 18.2 Å². The van der Waals surface area contributed by atoms with Crippen LogP contribution in [0, 0.1) is 0 Å². The number of methoxy groups -OCH3 is 2. The second-order valence-electron chi connectivity index (χ2n) is 3.98. The Hall–Kier alpha value is -1.43. The third kappa shape index (κ3) is 4.83. The number of rotatable bonds is 7. The third-order valence-corrected chi connectivity index (χ3v) is 2.30. The van der Waals surface area contributed by atoms with Crippen molar-refractivity contribution in [1.29, 1.82) is 0 Å². The van der Waals surface area contributed by atoms with Gasteiger partial charge < -0.3 is 20.1 Å². The molecule has 0 spiro atoms. The fourth-order valence-corrected chi connectivity index (χ4v) is 1.70. The van der Waals surface area contributed by atoms with Crippen molar-refractivity contribution in [1.82, 2.24) is 5.32 Å². The standard InChI is InChI=1S/C13H20N2O3/c1-14-7-13(16)15-12-5-10(8-17-2)4-11(6-12)9-18-3/h4-6,14H,7-9H2,1-3H3,(H,15,16). The monoisotopic (exact) mass is 252 g/mol. The van der Waals surface area contributed by atoms with Gasteiger partial charge >= 0.3 is 0 Å². The van der Waals surface area contributed by atoms with Crippen molar-refractivity contribution >= 4 is 11.6 Å². The summed E-state index contributed by atoms with van der Waals surface area (Å²) in [5, 5.41) is 5.63. The first-order chi connectivity index (χ1) is 8.69. The molecule has 1 rings (SSSR count). The Morgan fingerprint density at radius 3 is 2.11 bits per heavy atom. The smallest absolute Gasteiger partial charge is 0.238 e. The predicted octanol–water partition coefficient (Wildman–Crippen LogP) is 1.14. The molecule has 0 heterocycles. The highest BCUT2D eigenvalue weighted by Gasteiger charge is 2.04.